The van der Waals surface area contributed by atoms with Crippen LogP contribution in [-0.2, 0) is 10.0 Å². The molecule has 1 aliphatic rings. The number of hydrogen-bond acceptors (Lipinski definition) is 5. The van der Waals surface area contributed by atoms with Crippen LogP contribution < -0.4 is 15.8 Å². The third-order valence-corrected chi connectivity index (χ3v) is 4.32. The molecule has 1 aromatic rings. The molecule has 19 heavy (non-hydrogen) atoms. The van der Waals surface area contributed by atoms with Gasteiger partial charge in [-0.1, -0.05) is 6.92 Å². The quantitative estimate of drug-likeness (QED) is 0.766. The van der Waals surface area contributed by atoms with Crippen molar-refractivity contribution in [1.82, 2.24) is 4.90 Å². The predicted octanol–water partition coefficient (Wildman–Crippen LogP) is 0.0581. The molecular weight excluding hydrogens is 264 g/mol. The topological polar surface area (TPSA) is 92.7 Å². The normalized spacial score (nSPS) is 17.7. The van der Waals surface area contributed by atoms with Crippen LogP contribution in [-0.4, -0.2) is 46.0 Å². The van der Waals surface area contributed by atoms with Crippen LogP contribution in [0.2, 0.25) is 0 Å². The van der Waals surface area contributed by atoms with Gasteiger partial charge in [0.25, 0.3) is 0 Å². The molecule has 0 bridgehead atoms. The summed E-state index contributed by atoms with van der Waals surface area (Å²) >= 11 is 0. The van der Waals surface area contributed by atoms with Gasteiger partial charge in [-0.3, -0.25) is 0 Å². The van der Waals surface area contributed by atoms with Gasteiger partial charge >= 0.3 is 0 Å². The van der Waals surface area contributed by atoms with Crippen LogP contribution in [0.3, 0.4) is 0 Å². The summed E-state index contributed by atoms with van der Waals surface area (Å²) in [6.45, 7) is 6.83. The van der Waals surface area contributed by atoms with Crippen LogP contribution in [0.4, 0.5) is 11.4 Å². The van der Waals surface area contributed by atoms with Crippen molar-refractivity contribution in [2.24, 2.45) is 5.14 Å². The van der Waals surface area contributed by atoms with Crippen molar-refractivity contribution in [1.29, 1.82) is 0 Å². The molecule has 1 aromatic carbocycles. The molecule has 1 saturated heterocycles. The van der Waals surface area contributed by atoms with Gasteiger partial charge in [0, 0.05) is 37.6 Å². The molecule has 0 aliphatic carbocycles. The molecule has 1 fully saturated rings. The second-order valence-corrected chi connectivity index (χ2v) is 6.29. The minimum absolute atomic E-state index is 0.0698. The van der Waals surface area contributed by atoms with Crippen LogP contribution in [0.25, 0.3) is 0 Å². The maximum absolute atomic E-state index is 11.4. The average molecular weight is 284 g/mol. The Hall–Kier alpha value is -1.31. The highest BCUT2D eigenvalue weighted by atomic mass is 32.2. The van der Waals surface area contributed by atoms with Crippen molar-refractivity contribution in [3.05, 3.63) is 18.2 Å². The Morgan fingerprint density at radius 1 is 1.16 bits per heavy atom. The molecule has 0 spiro atoms. The number of nitrogens with zero attached hydrogens (tertiary/aromatic N) is 2. The van der Waals surface area contributed by atoms with Crippen molar-refractivity contribution < 1.29 is 8.42 Å². The Kier molecular flexibility index (Phi) is 3.98. The van der Waals surface area contributed by atoms with Gasteiger partial charge in [-0.15, -0.1) is 0 Å². The van der Waals surface area contributed by atoms with E-state index in [0.717, 1.165) is 38.4 Å². The van der Waals surface area contributed by atoms with Crippen LogP contribution >= 0.6 is 0 Å². The molecule has 7 heteroatoms. The fourth-order valence-corrected chi connectivity index (χ4v) is 2.86. The maximum Gasteiger partial charge on any atom is 0.238 e. The molecule has 4 N–H and O–H groups in total. The lowest BCUT2D eigenvalue weighted by Gasteiger charge is -2.35. The first-order valence-electron chi connectivity index (χ1n) is 6.31. The van der Waals surface area contributed by atoms with Crippen molar-refractivity contribution in [3.63, 3.8) is 0 Å². The van der Waals surface area contributed by atoms with Gasteiger partial charge in [-0.05, 0) is 24.7 Å². The lowest BCUT2D eigenvalue weighted by molar-refractivity contribution is 0.271. The number of nitrogens with two attached hydrogens (primary N) is 2. The van der Waals surface area contributed by atoms with E-state index in [1.165, 1.54) is 6.07 Å². The van der Waals surface area contributed by atoms with E-state index in [-0.39, 0.29) is 4.90 Å². The van der Waals surface area contributed by atoms with E-state index in [1.54, 1.807) is 12.1 Å². The summed E-state index contributed by atoms with van der Waals surface area (Å²) in [6, 6.07) is 4.77. The zero-order valence-corrected chi connectivity index (χ0v) is 11.9. The number of primary sulfonamides is 1. The lowest BCUT2D eigenvalue weighted by Crippen LogP contribution is -2.46. The molecule has 0 aromatic heterocycles. The Labute approximate surface area is 114 Å². The van der Waals surface area contributed by atoms with E-state index < -0.39 is 10.0 Å². The summed E-state index contributed by atoms with van der Waals surface area (Å²) in [7, 11) is -3.72. The summed E-state index contributed by atoms with van der Waals surface area (Å²) in [5, 5.41) is 5.16. The van der Waals surface area contributed by atoms with Crippen LogP contribution in [0.5, 0.6) is 0 Å². The number of anilines is 2. The van der Waals surface area contributed by atoms with E-state index in [1.807, 2.05) is 0 Å². The highest BCUT2D eigenvalue weighted by Crippen LogP contribution is 2.24. The smallest absolute Gasteiger partial charge is 0.238 e. The third-order valence-electron chi connectivity index (χ3n) is 3.43. The van der Waals surface area contributed by atoms with Crippen molar-refractivity contribution in [2.45, 2.75) is 11.8 Å². The fourth-order valence-electron chi connectivity index (χ4n) is 2.27. The minimum atomic E-state index is -3.72. The number of nitrogen functional groups attached to an aromatic ring is 1. The second-order valence-electron chi connectivity index (χ2n) is 4.73. The van der Waals surface area contributed by atoms with Gasteiger partial charge in [0.2, 0.25) is 10.0 Å². The van der Waals surface area contributed by atoms with Crippen molar-refractivity contribution in [3.8, 4) is 0 Å². The monoisotopic (exact) mass is 284 g/mol. The number of benzene rings is 1. The average Bonchev–Trinajstić information content (AvgIpc) is 2.37. The lowest BCUT2D eigenvalue weighted by atomic mass is 10.2. The highest BCUT2D eigenvalue weighted by Gasteiger charge is 2.18. The molecule has 1 aliphatic heterocycles. The molecule has 0 saturated carbocycles. The molecule has 1 heterocycles. The van der Waals surface area contributed by atoms with Gasteiger partial charge in [0.1, 0.15) is 0 Å². The van der Waals surface area contributed by atoms with E-state index >= 15 is 0 Å². The Morgan fingerprint density at radius 3 is 2.32 bits per heavy atom. The molecule has 0 unspecified atom stereocenters. The number of hydrogen-bond donors (Lipinski definition) is 2. The zero-order chi connectivity index (χ0) is 14.0. The molecule has 0 amide bonds. The van der Waals surface area contributed by atoms with Crippen LogP contribution in [0, 0.1) is 0 Å². The highest BCUT2D eigenvalue weighted by molar-refractivity contribution is 7.89. The zero-order valence-electron chi connectivity index (χ0n) is 11.0. The summed E-state index contributed by atoms with van der Waals surface area (Å²) in [6.07, 6.45) is 0. The standard InChI is InChI=1S/C12H20N4O2S/c1-2-15-3-5-16(6-4-15)11-7-10(13)8-12(9-11)19(14,17)18/h7-9H,2-6,13H2,1H3,(H2,14,17,18). The molecule has 2 rings (SSSR count). The first kappa shape index (κ1) is 14.1. The van der Waals surface area contributed by atoms with E-state index in [4.69, 9.17) is 10.9 Å². The van der Waals surface area contributed by atoms with Gasteiger partial charge in [0.05, 0.1) is 4.90 Å². The van der Waals surface area contributed by atoms with E-state index in [9.17, 15) is 8.42 Å². The van der Waals surface area contributed by atoms with Gasteiger partial charge in [0.15, 0.2) is 0 Å². The Bertz CT molecular complexity index is 551. The fraction of sp³-hybridized carbons (Fsp3) is 0.500. The largest absolute Gasteiger partial charge is 0.399 e. The SMILES string of the molecule is CCN1CCN(c2cc(N)cc(S(N)(=O)=O)c2)CC1. The molecule has 0 atom stereocenters. The number of sulfonamides is 1. The van der Waals surface area contributed by atoms with Crippen LogP contribution in [0.1, 0.15) is 6.92 Å². The van der Waals surface area contributed by atoms with Gasteiger partial charge in [-0.2, -0.15) is 0 Å². The van der Waals surface area contributed by atoms with Crippen molar-refractivity contribution in [2.75, 3.05) is 43.4 Å². The number of piperazine rings is 1. The molecule has 0 radical (unpaired) electrons. The van der Waals surface area contributed by atoms with Crippen molar-refractivity contribution >= 4 is 21.4 Å². The predicted molar refractivity (Wildman–Crippen MR) is 76.6 cm³/mol. The summed E-state index contributed by atoms with van der Waals surface area (Å²) < 4.78 is 22.8. The van der Waals surface area contributed by atoms with Gasteiger partial charge in [-0.25, -0.2) is 13.6 Å². The summed E-state index contributed by atoms with van der Waals surface area (Å²) in [5.41, 5.74) is 6.99. The number of likely N-dealkylation sites (N-methyl/N-ethyl adjacent to an activating group) is 1. The molecule has 106 valence electrons. The molecular formula is C12H20N4O2S. The summed E-state index contributed by atoms with van der Waals surface area (Å²) in [5.74, 6) is 0. The Balaban J connectivity index is 2.24. The minimum Gasteiger partial charge on any atom is -0.399 e. The summed E-state index contributed by atoms with van der Waals surface area (Å²) in [4.78, 5) is 4.56. The first-order valence-corrected chi connectivity index (χ1v) is 7.85. The third kappa shape index (κ3) is 3.37. The maximum atomic E-state index is 11.4. The first-order chi connectivity index (χ1) is 8.90. The molecule has 6 nitrogen and oxygen atoms in total. The van der Waals surface area contributed by atoms with E-state index in [0.29, 0.717) is 5.69 Å². The van der Waals surface area contributed by atoms with Crippen LogP contribution in [0.15, 0.2) is 23.1 Å². The van der Waals surface area contributed by atoms with Gasteiger partial charge < -0.3 is 15.5 Å². The Morgan fingerprint density at radius 2 is 1.79 bits per heavy atom. The van der Waals surface area contributed by atoms with E-state index in [2.05, 4.69) is 16.7 Å². The second kappa shape index (κ2) is 5.36. The number of rotatable bonds is 3.